The van der Waals surface area contributed by atoms with E-state index < -0.39 is 22.0 Å². The molecule has 0 fully saturated rings. The number of hydrogen-bond acceptors (Lipinski definition) is 3. The molecule has 1 atom stereocenters. The van der Waals surface area contributed by atoms with Gasteiger partial charge in [-0.05, 0) is 48.9 Å². The number of nitrogens with zero attached hydrogens (tertiary/aromatic N) is 1. The van der Waals surface area contributed by atoms with Gasteiger partial charge in [-0.2, -0.15) is 0 Å². The summed E-state index contributed by atoms with van der Waals surface area (Å²) in [6.07, 6.45) is 1.38. The van der Waals surface area contributed by atoms with Crippen LogP contribution in [-0.2, 0) is 14.8 Å². The van der Waals surface area contributed by atoms with Gasteiger partial charge in [-0.25, -0.2) is 8.42 Å². The summed E-state index contributed by atoms with van der Waals surface area (Å²) in [4.78, 5) is 12.7. The first kappa shape index (κ1) is 19.8. The molecule has 0 aromatic heterocycles. The third-order valence-corrected chi connectivity index (χ3v) is 5.45. The Balaban J connectivity index is 2.36. The summed E-state index contributed by atoms with van der Waals surface area (Å²) in [5, 5.41) is 3.16. The highest BCUT2D eigenvalue weighted by atomic mass is 79.9. The van der Waals surface area contributed by atoms with Crippen molar-refractivity contribution >= 4 is 54.8 Å². The molecule has 0 radical (unpaired) electrons. The van der Waals surface area contributed by atoms with Crippen LogP contribution < -0.4 is 9.62 Å². The third-order valence-electron chi connectivity index (χ3n) is 3.50. The largest absolute Gasteiger partial charge is 0.324 e. The first-order chi connectivity index (χ1) is 11.7. The Labute approximate surface area is 161 Å². The second-order valence-electron chi connectivity index (χ2n) is 5.46. The van der Waals surface area contributed by atoms with Crippen molar-refractivity contribution in [1.29, 1.82) is 0 Å². The molecule has 1 N–H and O–H groups in total. The summed E-state index contributed by atoms with van der Waals surface area (Å²) in [5.41, 5.74) is 0.944. The quantitative estimate of drug-likeness (QED) is 0.721. The topological polar surface area (TPSA) is 66.5 Å². The summed E-state index contributed by atoms with van der Waals surface area (Å²) in [6, 6.07) is 12.6. The first-order valence-corrected chi connectivity index (χ1v) is 10.6. The molecular weight excluding hydrogens is 428 g/mol. The summed E-state index contributed by atoms with van der Waals surface area (Å²) in [7, 11) is -3.68. The van der Waals surface area contributed by atoms with Crippen molar-refractivity contribution < 1.29 is 13.2 Å². The number of hydrogen-bond donors (Lipinski definition) is 1. The lowest BCUT2D eigenvalue weighted by atomic mass is 10.2. The zero-order valence-electron chi connectivity index (χ0n) is 13.7. The van der Waals surface area contributed by atoms with Crippen LogP contribution in [0.1, 0.15) is 13.3 Å². The summed E-state index contributed by atoms with van der Waals surface area (Å²) >= 11 is 9.31. The fraction of sp³-hybridized carbons (Fsp3) is 0.235. The standard InChI is InChI=1S/C17H18BrClN2O3S/c1-3-16(17(22)20-14-9-7-12(18)8-10-14)21(25(2,23)24)15-6-4-5-13(19)11-15/h4-11,16H,3H2,1-2H3,(H,20,22)/t16-/m1/s1. The molecule has 2 aromatic rings. The molecule has 0 aliphatic heterocycles. The highest BCUT2D eigenvalue weighted by molar-refractivity contribution is 9.10. The number of sulfonamides is 1. The number of rotatable bonds is 6. The number of anilines is 2. The monoisotopic (exact) mass is 444 g/mol. The lowest BCUT2D eigenvalue weighted by Crippen LogP contribution is -2.47. The number of benzene rings is 2. The van der Waals surface area contributed by atoms with E-state index in [1.54, 1.807) is 49.4 Å². The van der Waals surface area contributed by atoms with E-state index in [0.29, 0.717) is 22.8 Å². The summed E-state index contributed by atoms with van der Waals surface area (Å²) in [5.74, 6) is -0.407. The van der Waals surface area contributed by atoms with Crippen molar-refractivity contribution in [3.63, 3.8) is 0 Å². The number of carbonyl (C=O) groups excluding carboxylic acids is 1. The molecular formula is C17H18BrClN2O3S. The van der Waals surface area contributed by atoms with Crippen LogP contribution in [0.2, 0.25) is 5.02 Å². The molecule has 2 rings (SSSR count). The first-order valence-electron chi connectivity index (χ1n) is 7.53. The zero-order chi connectivity index (χ0) is 18.6. The fourth-order valence-electron chi connectivity index (χ4n) is 2.43. The minimum atomic E-state index is -3.68. The predicted molar refractivity (Wildman–Crippen MR) is 106 cm³/mol. The molecule has 0 unspecified atom stereocenters. The van der Waals surface area contributed by atoms with Crippen molar-refractivity contribution in [3.8, 4) is 0 Å². The van der Waals surface area contributed by atoms with Crippen LogP contribution in [-0.4, -0.2) is 26.6 Å². The van der Waals surface area contributed by atoms with Crippen molar-refractivity contribution in [3.05, 3.63) is 58.0 Å². The SMILES string of the molecule is CC[C@H](C(=O)Nc1ccc(Br)cc1)N(c1cccc(Cl)c1)S(C)(=O)=O. The van der Waals surface area contributed by atoms with Crippen LogP contribution in [0.5, 0.6) is 0 Å². The Morgan fingerprint density at radius 3 is 2.40 bits per heavy atom. The molecule has 0 saturated heterocycles. The van der Waals surface area contributed by atoms with Crippen molar-refractivity contribution in [2.45, 2.75) is 19.4 Å². The maximum atomic E-state index is 12.7. The van der Waals surface area contributed by atoms with Gasteiger partial charge >= 0.3 is 0 Å². The van der Waals surface area contributed by atoms with Gasteiger partial charge in [-0.15, -0.1) is 0 Å². The lowest BCUT2D eigenvalue weighted by molar-refractivity contribution is -0.117. The van der Waals surface area contributed by atoms with Gasteiger partial charge in [0.2, 0.25) is 15.9 Å². The van der Waals surface area contributed by atoms with E-state index in [1.165, 1.54) is 6.07 Å². The Hall–Kier alpha value is -1.57. The molecule has 0 heterocycles. The van der Waals surface area contributed by atoms with E-state index in [9.17, 15) is 13.2 Å². The molecule has 0 aliphatic carbocycles. The molecule has 8 heteroatoms. The van der Waals surface area contributed by atoms with Gasteiger partial charge in [0.05, 0.1) is 11.9 Å². The number of nitrogens with one attached hydrogen (secondary N) is 1. The van der Waals surface area contributed by atoms with Gasteiger partial charge < -0.3 is 5.32 Å². The fourth-order valence-corrected chi connectivity index (χ4v) is 4.08. The summed E-state index contributed by atoms with van der Waals surface area (Å²) < 4.78 is 26.7. The lowest BCUT2D eigenvalue weighted by Gasteiger charge is -2.30. The summed E-state index contributed by atoms with van der Waals surface area (Å²) in [6.45, 7) is 1.76. The average Bonchev–Trinajstić information content (AvgIpc) is 2.53. The molecule has 1 amide bonds. The molecule has 134 valence electrons. The van der Waals surface area contributed by atoms with Crippen molar-refractivity contribution in [1.82, 2.24) is 0 Å². The van der Waals surface area contributed by atoms with Crippen molar-refractivity contribution in [2.24, 2.45) is 0 Å². The van der Waals surface area contributed by atoms with Crippen LogP contribution in [0.4, 0.5) is 11.4 Å². The van der Waals surface area contributed by atoms with Gasteiger partial charge in [-0.3, -0.25) is 9.10 Å². The van der Waals surface area contributed by atoms with Crippen molar-refractivity contribution in [2.75, 3.05) is 15.9 Å². The average molecular weight is 446 g/mol. The number of amides is 1. The number of carbonyl (C=O) groups is 1. The molecule has 2 aromatic carbocycles. The van der Waals surface area contributed by atoms with Gasteiger partial charge in [0.25, 0.3) is 0 Å². The van der Waals surface area contributed by atoms with Crippen LogP contribution in [0, 0.1) is 0 Å². The van der Waals surface area contributed by atoms with Crippen LogP contribution in [0.25, 0.3) is 0 Å². The zero-order valence-corrected chi connectivity index (χ0v) is 16.9. The highest BCUT2D eigenvalue weighted by Gasteiger charge is 2.31. The van der Waals surface area contributed by atoms with Gasteiger partial charge in [0.15, 0.2) is 0 Å². The maximum Gasteiger partial charge on any atom is 0.248 e. The normalized spacial score (nSPS) is 12.5. The Bertz CT molecular complexity index is 856. The van der Waals surface area contributed by atoms with E-state index >= 15 is 0 Å². The van der Waals surface area contributed by atoms with Crippen LogP contribution >= 0.6 is 27.5 Å². The molecule has 5 nitrogen and oxygen atoms in total. The van der Waals surface area contributed by atoms with E-state index in [2.05, 4.69) is 21.2 Å². The third kappa shape index (κ3) is 5.20. The minimum absolute atomic E-state index is 0.307. The molecule has 0 spiro atoms. The van der Waals surface area contributed by atoms with Gasteiger partial charge in [-0.1, -0.05) is 40.5 Å². The van der Waals surface area contributed by atoms with E-state index in [4.69, 9.17) is 11.6 Å². The van der Waals surface area contributed by atoms with Gasteiger partial charge in [0.1, 0.15) is 6.04 Å². The van der Waals surface area contributed by atoms with E-state index in [1.807, 2.05) is 0 Å². The Morgan fingerprint density at radius 2 is 1.88 bits per heavy atom. The van der Waals surface area contributed by atoms with Gasteiger partial charge in [0, 0.05) is 15.2 Å². The molecule has 0 aliphatic rings. The van der Waals surface area contributed by atoms with Crippen LogP contribution in [0.15, 0.2) is 53.0 Å². The molecule has 0 saturated carbocycles. The molecule has 0 bridgehead atoms. The van der Waals surface area contributed by atoms with E-state index in [0.717, 1.165) is 15.0 Å². The predicted octanol–water partition coefficient (Wildman–Crippen LogP) is 4.29. The maximum absolute atomic E-state index is 12.7. The Kier molecular flexibility index (Phi) is 6.48. The minimum Gasteiger partial charge on any atom is -0.324 e. The number of halogens is 2. The second-order valence-corrected chi connectivity index (χ2v) is 8.67. The molecule has 25 heavy (non-hydrogen) atoms. The highest BCUT2D eigenvalue weighted by Crippen LogP contribution is 2.26. The Morgan fingerprint density at radius 1 is 1.24 bits per heavy atom. The smallest absolute Gasteiger partial charge is 0.248 e. The van der Waals surface area contributed by atoms with Crippen LogP contribution in [0.3, 0.4) is 0 Å². The van der Waals surface area contributed by atoms with E-state index in [-0.39, 0.29) is 0 Å². The second kappa shape index (κ2) is 8.21.